The van der Waals surface area contributed by atoms with Crippen LogP contribution in [0.1, 0.15) is 15.9 Å². The van der Waals surface area contributed by atoms with Crippen LogP contribution in [0.4, 0.5) is 5.69 Å². The standard InChI is InChI=1S/C17H17ClN2O2S/c1-19-17(22)13-5-7-15(8-6-13)20-16(21)11-23-10-12-3-2-4-14(18)9-12/h2-9H,10-11H2,1H3,(H,19,22)(H,20,21). The third kappa shape index (κ3) is 5.62. The van der Waals surface area contributed by atoms with Gasteiger partial charge in [0, 0.05) is 29.1 Å². The maximum atomic E-state index is 11.9. The fourth-order valence-electron chi connectivity index (χ4n) is 1.93. The van der Waals surface area contributed by atoms with Crippen molar-refractivity contribution in [2.45, 2.75) is 5.75 Å². The van der Waals surface area contributed by atoms with Crippen LogP contribution in [0.2, 0.25) is 5.02 Å². The molecule has 0 aliphatic rings. The number of amides is 2. The van der Waals surface area contributed by atoms with Crippen LogP contribution in [0.15, 0.2) is 48.5 Å². The maximum absolute atomic E-state index is 11.9. The molecule has 120 valence electrons. The molecular weight excluding hydrogens is 332 g/mol. The molecule has 0 heterocycles. The highest BCUT2D eigenvalue weighted by Crippen LogP contribution is 2.17. The number of thioether (sulfide) groups is 1. The van der Waals surface area contributed by atoms with E-state index in [-0.39, 0.29) is 11.8 Å². The molecule has 0 spiro atoms. The SMILES string of the molecule is CNC(=O)c1ccc(NC(=O)CSCc2cccc(Cl)c2)cc1. The first-order chi connectivity index (χ1) is 11.1. The molecule has 2 rings (SSSR count). The average Bonchev–Trinajstić information content (AvgIpc) is 2.55. The van der Waals surface area contributed by atoms with Crippen LogP contribution < -0.4 is 10.6 Å². The Morgan fingerprint density at radius 1 is 1.13 bits per heavy atom. The first kappa shape index (κ1) is 17.4. The second-order valence-electron chi connectivity index (χ2n) is 4.83. The summed E-state index contributed by atoms with van der Waals surface area (Å²) in [6, 6.07) is 14.4. The predicted molar refractivity (Wildman–Crippen MR) is 96.1 cm³/mol. The number of benzene rings is 2. The third-order valence-corrected chi connectivity index (χ3v) is 4.29. The average molecular weight is 349 g/mol. The van der Waals surface area contributed by atoms with Crippen molar-refractivity contribution in [3.05, 3.63) is 64.7 Å². The van der Waals surface area contributed by atoms with Gasteiger partial charge in [-0.15, -0.1) is 11.8 Å². The molecule has 0 fully saturated rings. The number of carbonyl (C=O) groups is 2. The van der Waals surface area contributed by atoms with Crippen molar-refractivity contribution in [2.24, 2.45) is 0 Å². The van der Waals surface area contributed by atoms with Gasteiger partial charge in [0.1, 0.15) is 0 Å². The van der Waals surface area contributed by atoms with E-state index in [1.807, 2.05) is 24.3 Å². The Labute approximate surface area is 144 Å². The second-order valence-corrected chi connectivity index (χ2v) is 6.25. The van der Waals surface area contributed by atoms with Crippen molar-refractivity contribution in [1.29, 1.82) is 0 Å². The van der Waals surface area contributed by atoms with Gasteiger partial charge >= 0.3 is 0 Å². The van der Waals surface area contributed by atoms with Crippen molar-refractivity contribution in [2.75, 3.05) is 18.1 Å². The Hall–Kier alpha value is -1.98. The molecule has 0 aliphatic heterocycles. The number of halogens is 1. The van der Waals surface area contributed by atoms with Crippen LogP contribution >= 0.6 is 23.4 Å². The molecule has 23 heavy (non-hydrogen) atoms. The number of carbonyl (C=O) groups excluding carboxylic acids is 2. The van der Waals surface area contributed by atoms with E-state index in [1.54, 1.807) is 31.3 Å². The molecule has 0 bridgehead atoms. The summed E-state index contributed by atoms with van der Waals surface area (Å²) in [5.74, 6) is 0.845. The van der Waals surface area contributed by atoms with E-state index >= 15 is 0 Å². The lowest BCUT2D eigenvalue weighted by Gasteiger charge is -2.06. The quantitative estimate of drug-likeness (QED) is 0.839. The van der Waals surface area contributed by atoms with Gasteiger partial charge in [0.25, 0.3) is 5.91 Å². The normalized spacial score (nSPS) is 10.2. The Morgan fingerprint density at radius 2 is 1.87 bits per heavy atom. The predicted octanol–water partition coefficient (Wildman–Crippen LogP) is 3.57. The zero-order valence-corrected chi connectivity index (χ0v) is 14.2. The van der Waals surface area contributed by atoms with Crippen LogP contribution in [0.5, 0.6) is 0 Å². The van der Waals surface area contributed by atoms with Crippen LogP contribution in [-0.2, 0) is 10.5 Å². The Morgan fingerprint density at radius 3 is 2.52 bits per heavy atom. The van der Waals surface area contributed by atoms with Gasteiger partial charge in [-0.25, -0.2) is 0 Å². The van der Waals surface area contributed by atoms with E-state index in [1.165, 1.54) is 11.8 Å². The summed E-state index contributed by atoms with van der Waals surface area (Å²) >= 11 is 7.44. The Bertz CT molecular complexity index is 689. The topological polar surface area (TPSA) is 58.2 Å². The summed E-state index contributed by atoms with van der Waals surface area (Å²) in [5, 5.41) is 6.05. The molecule has 0 saturated carbocycles. The van der Waals surface area contributed by atoms with Crippen LogP contribution in [-0.4, -0.2) is 24.6 Å². The lowest BCUT2D eigenvalue weighted by Crippen LogP contribution is -2.18. The van der Waals surface area contributed by atoms with Crippen molar-refractivity contribution in [1.82, 2.24) is 5.32 Å². The third-order valence-electron chi connectivity index (χ3n) is 3.05. The number of nitrogens with one attached hydrogen (secondary N) is 2. The van der Waals surface area contributed by atoms with Gasteiger partial charge in [-0.1, -0.05) is 23.7 Å². The summed E-state index contributed by atoms with van der Waals surface area (Å²) in [6.45, 7) is 0. The molecule has 0 radical (unpaired) electrons. The molecule has 0 aliphatic carbocycles. The lowest BCUT2D eigenvalue weighted by atomic mass is 10.2. The van der Waals surface area contributed by atoms with Crippen LogP contribution in [0.25, 0.3) is 0 Å². The monoisotopic (exact) mass is 348 g/mol. The zero-order chi connectivity index (χ0) is 16.7. The second kappa shape index (κ2) is 8.60. The summed E-state index contributed by atoms with van der Waals surface area (Å²) in [5.41, 5.74) is 2.32. The molecule has 4 nitrogen and oxygen atoms in total. The number of hydrogen-bond donors (Lipinski definition) is 2. The molecule has 2 aromatic carbocycles. The number of hydrogen-bond acceptors (Lipinski definition) is 3. The highest BCUT2D eigenvalue weighted by Gasteiger charge is 2.05. The van der Waals surface area contributed by atoms with Crippen LogP contribution in [0, 0.1) is 0 Å². The molecule has 2 amide bonds. The van der Waals surface area contributed by atoms with Gasteiger partial charge in [-0.2, -0.15) is 0 Å². The van der Waals surface area contributed by atoms with Gasteiger partial charge < -0.3 is 10.6 Å². The Balaban J connectivity index is 1.79. The minimum Gasteiger partial charge on any atom is -0.355 e. The van der Waals surface area contributed by atoms with Gasteiger partial charge in [0.15, 0.2) is 0 Å². The summed E-state index contributed by atoms with van der Waals surface area (Å²) in [7, 11) is 1.58. The first-order valence-corrected chi connectivity index (χ1v) is 8.56. The number of anilines is 1. The zero-order valence-electron chi connectivity index (χ0n) is 12.6. The summed E-state index contributed by atoms with van der Waals surface area (Å²) < 4.78 is 0. The van der Waals surface area contributed by atoms with Gasteiger partial charge in [-0.05, 0) is 42.0 Å². The lowest BCUT2D eigenvalue weighted by molar-refractivity contribution is -0.113. The minimum atomic E-state index is -0.153. The molecular formula is C17H17ClN2O2S. The van der Waals surface area contributed by atoms with E-state index in [9.17, 15) is 9.59 Å². The van der Waals surface area contributed by atoms with Crippen LogP contribution in [0.3, 0.4) is 0 Å². The highest BCUT2D eigenvalue weighted by molar-refractivity contribution is 7.99. The first-order valence-electron chi connectivity index (χ1n) is 7.02. The van der Waals surface area contributed by atoms with E-state index in [2.05, 4.69) is 10.6 Å². The molecule has 0 atom stereocenters. The van der Waals surface area contributed by atoms with Crippen molar-refractivity contribution >= 4 is 40.9 Å². The highest BCUT2D eigenvalue weighted by atomic mass is 35.5. The van der Waals surface area contributed by atoms with Gasteiger partial charge in [0.05, 0.1) is 5.75 Å². The molecule has 2 aromatic rings. The van der Waals surface area contributed by atoms with Crippen molar-refractivity contribution < 1.29 is 9.59 Å². The van der Waals surface area contributed by atoms with Gasteiger partial charge in [0.2, 0.25) is 5.91 Å². The largest absolute Gasteiger partial charge is 0.355 e. The van der Waals surface area contributed by atoms with Gasteiger partial charge in [-0.3, -0.25) is 9.59 Å². The van der Waals surface area contributed by atoms with Crippen molar-refractivity contribution in [3.8, 4) is 0 Å². The molecule has 0 saturated heterocycles. The molecule has 6 heteroatoms. The van der Waals surface area contributed by atoms with E-state index in [4.69, 9.17) is 11.6 Å². The smallest absolute Gasteiger partial charge is 0.251 e. The maximum Gasteiger partial charge on any atom is 0.251 e. The van der Waals surface area contributed by atoms with E-state index in [0.29, 0.717) is 22.0 Å². The van der Waals surface area contributed by atoms with E-state index < -0.39 is 0 Å². The summed E-state index contributed by atoms with van der Waals surface area (Å²) in [4.78, 5) is 23.3. The fraction of sp³-hybridized carbons (Fsp3) is 0.176. The minimum absolute atomic E-state index is 0.0790. The molecule has 0 unspecified atom stereocenters. The molecule has 0 aromatic heterocycles. The Kier molecular flexibility index (Phi) is 6.50. The van der Waals surface area contributed by atoms with Crippen molar-refractivity contribution in [3.63, 3.8) is 0 Å². The summed E-state index contributed by atoms with van der Waals surface area (Å²) in [6.07, 6.45) is 0. The molecule has 2 N–H and O–H groups in total. The number of rotatable bonds is 6. The fourth-order valence-corrected chi connectivity index (χ4v) is 2.92. The van der Waals surface area contributed by atoms with E-state index in [0.717, 1.165) is 11.3 Å².